The zero-order valence-electron chi connectivity index (χ0n) is 9.45. The molecule has 1 aromatic rings. The van der Waals surface area contributed by atoms with Gasteiger partial charge in [0.2, 0.25) is 5.12 Å². The molecule has 0 bridgehead atoms. The molecular formula is C13H18OS. The fourth-order valence-corrected chi connectivity index (χ4v) is 2.13. The van der Waals surface area contributed by atoms with E-state index in [9.17, 15) is 4.79 Å². The molecule has 0 aromatic heterocycles. The van der Waals surface area contributed by atoms with Crippen LogP contribution in [-0.4, -0.2) is 10.9 Å². The number of benzene rings is 1. The first-order valence-electron chi connectivity index (χ1n) is 5.48. The van der Waals surface area contributed by atoms with Gasteiger partial charge in [-0.25, -0.2) is 0 Å². The minimum absolute atomic E-state index is 0.200. The Bertz CT molecular complexity index is 303. The minimum atomic E-state index is 0.200. The number of thioether (sulfide) groups is 1. The molecule has 0 radical (unpaired) electrons. The topological polar surface area (TPSA) is 17.1 Å². The molecule has 0 saturated carbocycles. The zero-order chi connectivity index (χ0) is 11.1. The summed E-state index contributed by atoms with van der Waals surface area (Å²) in [4.78, 5) is 11.7. The van der Waals surface area contributed by atoms with Crippen LogP contribution in [0.15, 0.2) is 24.3 Å². The van der Waals surface area contributed by atoms with E-state index in [0.29, 0.717) is 0 Å². The van der Waals surface area contributed by atoms with Crippen molar-refractivity contribution in [3.8, 4) is 0 Å². The third kappa shape index (κ3) is 4.52. The Labute approximate surface area is 96.3 Å². The van der Waals surface area contributed by atoms with Gasteiger partial charge in [-0.15, -0.1) is 0 Å². The van der Waals surface area contributed by atoms with E-state index < -0.39 is 0 Å². The molecule has 1 rings (SSSR count). The second-order valence-corrected chi connectivity index (χ2v) is 4.78. The summed E-state index contributed by atoms with van der Waals surface area (Å²) in [6.45, 7) is 4.20. The first-order chi connectivity index (χ1) is 7.24. The largest absolute Gasteiger partial charge is 0.282 e. The molecule has 0 aliphatic heterocycles. The van der Waals surface area contributed by atoms with Crippen molar-refractivity contribution in [2.75, 3.05) is 5.75 Å². The third-order valence-electron chi connectivity index (χ3n) is 2.27. The summed E-state index contributed by atoms with van der Waals surface area (Å²) in [6.07, 6.45) is 3.56. The Morgan fingerprint density at radius 3 is 2.47 bits per heavy atom. The van der Waals surface area contributed by atoms with E-state index in [1.807, 2.05) is 31.2 Å². The van der Waals surface area contributed by atoms with Crippen molar-refractivity contribution in [1.82, 2.24) is 0 Å². The van der Waals surface area contributed by atoms with Gasteiger partial charge in [-0.2, -0.15) is 0 Å². The highest BCUT2D eigenvalue weighted by molar-refractivity contribution is 8.14. The van der Waals surface area contributed by atoms with E-state index in [1.54, 1.807) is 0 Å². The fourth-order valence-electron chi connectivity index (χ4n) is 1.29. The lowest BCUT2D eigenvalue weighted by Crippen LogP contribution is -1.94. The molecule has 1 nitrogen and oxygen atoms in total. The Kier molecular flexibility index (Phi) is 5.48. The highest BCUT2D eigenvalue weighted by atomic mass is 32.2. The molecule has 0 amide bonds. The van der Waals surface area contributed by atoms with Gasteiger partial charge in [0.15, 0.2) is 0 Å². The van der Waals surface area contributed by atoms with Gasteiger partial charge in [-0.3, -0.25) is 4.79 Å². The van der Waals surface area contributed by atoms with Crippen LogP contribution in [0.3, 0.4) is 0 Å². The standard InChI is InChI=1S/C13H18OS/c1-3-4-5-10-15-13(14)12-8-6-11(2)7-9-12/h6-9H,3-5,10H2,1-2H3. The highest BCUT2D eigenvalue weighted by Gasteiger charge is 2.04. The molecule has 0 atom stereocenters. The molecule has 0 aliphatic carbocycles. The molecule has 82 valence electrons. The summed E-state index contributed by atoms with van der Waals surface area (Å²) in [5.41, 5.74) is 2.02. The van der Waals surface area contributed by atoms with Crippen LogP contribution in [0.2, 0.25) is 0 Å². The second-order valence-electron chi connectivity index (χ2n) is 3.71. The van der Waals surface area contributed by atoms with Crippen molar-refractivity contribution in [3.05, 3.63) is 35.4 Å². The summed E-state index contributed by atoms with van der Waals surface area (Å²) < 4.78 is 0. The lowest BCUT2D eigenvalue weighted by Gasteiger charge is -2.01. The number of rotatable bonds is 5. The van der Waals surface area contributed by atoms with E-state index in [2.05, 4.69) is 6.92 Å². The molecule has 0 spiro atoms. The average molecular weight is 222 g/mol. The van der Waals surface area contributed by atoms with Crippen LogP contribution in [0, 0.1) is 6.92 Å². The number of aryl methyl sites for hydroxylation is 1. The quantitative estimate of drug-likeness (QED) is 0.699. The van der Waals surface area contributed by atoms with Gasteiger partial charge in [0, 0.05) is 11.3 Å². The van der Waals surface area contributed by atoms with Crippen LogP contribution < -0.4 is 0 Å². The van der Waals surface area contributed by atoms with E-state index in [-0.39, 0.29) is 5.12 Å². The fraction of sp³-hybridized carbons (Fsp3) is 0.462. The SMILES string of the molecule is CCCCCSC(=O)c1ccc(C)cc1. The lowest BCUT2D eigenvalue weighted by atomic mass is 10.2. The predicted molar refractivity (Wildman–Crippen MR) is 67.5 cm³/mol. The smallest absolute Gasteiger partial charge is 0.219 e. The van der Waals surface area contributed by atoms with Gasteiger partial charge in [0.25, 0.3) is 0 Å². The van der Waals surface area contributed by atoms with Crippen molar-refractivity contribution in [3.63, 3.8) is 0 Å². The summed E-state index contributed by atoms with van der Waals surface area (Å²) in [6, 6.07) is 7.79. The highest BCUT2D eigenvalue weighted by Crippen LogP contribution is 2.15. The van der Waals surface area contributed by atoms with Crippen molar-refractivity contribution < 1.29 is 4.79 Å². The summed E-state index contributed by atoms with van der Waals surface area (Å²) >= 11 is 1.44. The molecule has 15 heavy (non-hydrogen) atoms. The van der Waals surface area contributed by atoms with Gasteiger partial charge in [-0.05, 0) is 13.3 Å². The molecule has 1 aromatic carbocycles. The average Bonchev–Trinajstić information content (AvgIpc) is 2.25. The number of unbranched alkanes of at least 4 members (excludes halogenated alkanes) is 2. The number of hydrogen-bond donors (Lipinski definition) is 0. The van der Waals surface area contributed by atoms with Crippen molar-refractivity contribution in [1.29, 1.82) is 0 Å². The molecule has 0 heterocycles. The van der Waals surface area contributed by atoms with Gasteiger partial charge in [-0.1, -0.05) is 61.4 Å². The molecule has 0 unspecified atom stereocenters. The molecule has 2 heteroatoms. The Morgan fingerprint density at radius 2 is 1.87 bits per heavy atom. The lowest BCUT2D eigenvalue weighted by molar-refractivity contribution is 0.108. The Hall–Kier alpha value is -0.760. The van der Waals surface area contributed by atoms with Crippen LogP contribution >= 0.6 is 11.8 Å². The molecule has 0 N–H and O–H groups in total. The third-order valence-corrected chi connectivity index (χ3v) is 3.26. The van der Waals surface area contributed by atoms with Crippen molar-refractivity contribution in [2.24, 2.45) is 0 Å². The summed E-state index contributed by atoms with van der Waals surface area (Å²) in [5.74, 6) is 0.945. The Morgan fingerprint density at radius 1 is 1.20 bits per heavy atom. The maximum atomic E-state index is 11.7. The molecule has 0 saturated heterocycles. The van der Waals surface area contributed by atoms with Crippen LogP contribution in [0.5, 0.6) is 0 Å². The van der Waals surface area contributed by atoms with E-state index in [0.717, 1.165) is 17.7 Å². The summed E-state index contributed by atoms with van der Waals surface area (Å²) in [5, 5.41) is 0.200. The van der Waals surface area contributed by atoms with Crippen LogP contribution in [-0.2, 0) is 0 Å². The molecular weight excluding hydrogens is 204 g/mol. The van der Waals surface area contributed by atoms with Gasteiger partial charge >= 0.3 is 0 Å². The van der Waals surface area contributed by atoms with Crippen LogP contribution in [0.25, 0.3) is 0 Å². The van der Waals surface area contributed by atoms with Crippen LogP contribution in [0.1, 0.15) is 42.1 Å². The Balaban J connectivity index is 2.37. The molecule has 0 aliphatic rings. The normalized spacial score (nSPS) is 10.3. The summed E-state index contributed by atoms with van der Waals surface area (Å²) in [7, 11) is 0. The monoisotopic (exact) mass is 222 g/mol. The number of carbonyl (C=O) groups is 1. The van der Waals surface area contributed by atoms with Crippen molar-refractivity contribution in [2.45, 2.75) is 33.1 Å². The van der Waals surface area contributed by atoms with E-state index in [1.165, 1.54) is 30.2 Å². The van der Waals surface area contributed by atoms with Crippen molar-refractivity contribution >= 4 is 16.9 Å². The number of carbonyl (C=O) groups excluding carboxylic acids is 1. The predicted octanol–water partition coefficient (Wildman–Crippen LogP) is 4.06. The van der Waals surface area contributed by atoms with Gasteiger partial charge < -0.3 is 0 Å². The second kappa shape index (κ2) is 6.67. The van der Waals surface area contributed by atoms with Gasteiger partial charge in [0.1, 0.15) is 0 Å². The molecule has 0 fully saturated rings. The zero-order valence-corrected chi connectivity index (χ0v) is 10.3. The minimum Gasteiger partial charge on any atom is -0.282 e. The maximum absolute atomic E-state index is 11.7. The first-order valence-corrected chi connectivity index (χ1v) is 6.46. The van der Waals surface area contributed by atoms with Crippen LogP contribution in [0.4, 0.5) is 0 Å². The van der Waals surface area contributed by atoms with E-state index in [4.69, 9.17) is 0 Å². The maximum Gasteiger partial charge on any atom is 0.219 e. The number of hydrogen-bond acceptors (Lipinski definition) is 2. The van der Waals surface area contributed by atoms with E-state index >= 15 is 0 Å². The first kappa shape index (κ1) is 12.3. The van der Waals surface area contributed by atoms with Gasteiger partial charge in [0.05, 0.1) is 0 Å².